The first kappa shape index (κ1) is 16.8. The normalized spacial score (nSPS) is 11.2. The third kappa shape index (κ3) is 2.48. The molecule has 0 amide bonds. The predicted octanol–water partition coefficient (Wildman–Crippen LogP) is 0.715. The summed E-state index contributed by atoms with van der Waals surface area (Å²) in [6.45, 7) is 2.01. The minimum absolute atomic E-state index is 0.0167. The quantitative estimate of drug-likeness (QED) is 0.760. The fourth-order valence-corrected chi connectivity index (χ4v) is 3.11. The van der Waals surface area contributed by atoms with E-state index in [4.69, 9.17) is 0 Å². The van der Waals surface area contributed by atoms with Gasteiger partial charge < -0.3 is 5.11 Å². The van der Waals surface area contributed by atoms with Crippen LogP contribution in [0.5, 0.6) is 5.75 Å². The molecule has 0 unspecified atom stereocenters. The number of aromatic nitrogens is 3. The first-order valence-corrected chi connectivity index (χ1v) is 7.96. The number of aryl methyl sites for hydroxylation is 2. The van der Waals surface area contributed by atoms with Crippen molar-refractivity contribution in [3.63, 3.8) is 0 Å². The summed E-state index contributed by atoms with van der Waals surface area (Å²) in [5, 5.41) is 10.7. The Labute approximate surface area is 143 Å². The van der Waals surface area contributed by atoms with Crippen molar-refractivity contribution in [1.29, 1.82) is 0 Å². The van der Waals surface area contributed by atoms with E-state index in [2.05, 4.69) is 0 Å². The lowest BCUT2D eigenvalue weighted by molar-refractivity contribution is 0.470. The van der Waals surface area contributed by atoms with Crippen LogP contribution in [0.2, 0.25) is 0 Å². The second kappa shape index (κ2) is 6.08. The Bertz CT molecular complexity index is 1140. The van der Waals surface area contributed by atoms with Gasteiger partial charge in [-0.2, -0.15) is 0 Å². The highest BCUT2D eigenvalue weighted by molar-refractivity contribution is 5.83. The Kier molecular flexibility index (Phi) is 4.08. The molecule has 7 nitrogen and oxygen atoms in total. The zero-order valence-corrected chi connectivity index (χ0v) is 14.3. The molecule has 0 saturated heterocycles. The summed E-state index contributed by atoms with van der Waals surface area (Å²) in [7, 11) is 2.86. The van der Waals surface area contributed by atoms with Gasteiger partial charge in [-0.25, -0.2) is 4.79 Å². The van der Waals surface area contributed by atoms with Gasteiger partial charge in [0.1, 0.15) is 16.8 Å². The van der Waals surface area contributed by atoms with Crippen LogP contribution in [0, 0.1) is 0 Å². The molecule has 1 N–H and O–H groups in total. The molecular formula is C18H19N3O4. The van der Waals surface area contributed by atoms with Crippen LogP contribution in [0.3, 0.4) is 0 Å². The molecular weight excluding hydrogens is 322 g/mol. The summed E-state index contributed by atoms with van der Waals surface area (Å²) in [6, 6.07) is 9.22. The van der Waals surface area contributed by atoms with E-state index in [1.807, 2.05) is 30.3 Å². The Morgan fingerprint density at radius 2 is 1.60 bits per heavy atom. The van der Waals surface area contributed by atoms with Gasteiger partial charge in [-0.15, -0.1) is 0 Å². The summed E-state index contributed by atoms with van der Waals surface area (Å²) in [4.78, 5) is 37.7. The lowest BCUT2D eigenvalue weighted by Crippen LogP contribution is -2.40. The number of hydrogen-bond acceptors (Lipinski definition) is 4. The molecule has 0 aliphatic carbocycles. The molecule has 0 spiro atoms. The highest BCUT2D eigenvalue weighted by Gasteiger charge is 2.22. The van der Waals surface area contributed by atoms with Crippen LogP contribution in [0.4, 0.5) is 0 Å². The average Bonchev–Trinajstić information content (AvgIpc) is 2.62. The SMILES string of the molecule is CCn1c(=O)n(C)c(=O)c2c(O)c(Cc3ccccc3)c(=O)n(C)c21. The fourth-order valence-electron chi connectivity index (χ4n) is 3.11. The zero-order valence-electron chi connectivity index (χ0n) is 14.3. The number of aromatic hydroxyl groups is 1. The van der Waals surface area contributed by atoms with Crippen molar-refractivity contribution in [3.05, 3.63) is 72.7 Å². The van der Waals surface area contributed by atoms with Crippen LogP contribution in [0.1, 0.15) is 18.1 Å². The van der Waals surface area contributed by atoms with E-state index in [9.17, 15) is 19.5 Å². The molecule has 3 rings (SSSR count). The van der Waals surface area contributed by atoms with Gasteiger partial charge in [0.2, 0.25) is 0 Å². The molecule has 0 aliphatic heterocycles. The summed E-state index contributed by atoms with van der Waals surface area (Å²) in [5.74, 6) is -0.357. The van der Waals surface area contributed by atoms with Gasteiger partial charge in [0, 0.05) is 27.1 Å². The average molecular weight is 341 g/mol. The van der Waals surface area contributed by atoms with Gasteiger partial charge in [-0.05, 0) is 12.5 Å². The molecule has 0 radical (unpaired) electrons. The van der Waals surface area contributed by atoms with Gasteiger partial charge in [-0.3, -0.25) is 23.3 Å². The zero-order chi connectivity index (χ0) is 18.3. The fraction of sp³-hybridized carbons (Fsp3) is 0.278. The van der Waals surface area contributed by atoms with Crippen molar-refractivity contribution in [1.82, 2.24) is 13.7 Å². The monoisotopic (exact) mass is 341 g/mol. The van der Waals surface area contributed by atoms with E-state index in [-0.39, 0.29) is 35.3 Å². The summed E-state index contributed by atoms with van der Waals surface area (Å²) >= 11 is 0. The number of rotatable bonds is 3. The molecule has 0 atom stereocenters. The number of benzene rings is 1. The van der Waals surface area contributed by atoms with Gasteiger partial charge in [0.05, 0.1) is 5.56 Å². The molecule has 3 aromatic rings. The highest BCUT2D eigenvalue weighted by Crippen LogP contribution is 2.24. The summed E-state index contributed by atoms with van der Waals surface area (Å²) < 4.78 is 3.52. The van der Waals surface area contributed by atoms with Crippen LogP contribution in [-0.4, -0.2) is 18.8 Å². The van der Waals surface area contributed by atoms with E-state index < -0.39 is 16.8 Å². The van der Waals surface area contributed by atoms with Gasteiger partial charge in [0.25, 0.3) is 11.1 Å². The molecule has 7 heteroatoms. The standard InChI is InChI=1S/C18H19N3O4/c1-4-21-15-13(17(24)20(3)18(21)25)14(22)12(16(23)19(15)2)10-11-8-6-5-7-9-11/h5-9,22H,4,10H2,1-3H3. The topological polar surface area (TPSA) is 86.2 Å². The van der Waals surface area contributed by atoms with Crippen LogP contribution >= 0.6 is 0 Å². The van der Waals surface area contributed by atoms with Crippen molar-refractivity contribution in [2.24, 2.45) is 14.1 Å². The molecule has 0 aliphatic rings. The number of fused-ring (bicyclic) bond motifs is 1. The maximum absolute atomic E-state index is 12.8. The lowest BCUT2D eigenvalue weighted by atomic mass is 10.0. The van der Waals surface area contributed by atoms with E-state index in [1.165, 1.54) is 23.2 Å². The van der Waals surface area contributed by atoms with E-state index in [0.29, 0.717) is 0 Å². The number of nitrogens with zero attached hydrogens (tertiary/aromatic N) is 3. The molecule has 0 bridgehead atoms. The number of hydrogen-bond donors (Lipinski definition) is 1. The summed E-state index contributed by atoms with van der Waals surface area (Å²) in [6.07, 6.45) is 0.198. The van der Waals surface area contributed by atoms with E-state index in [0.717, 1.165) is 10.1 Å². The maximum Gasteiger partial charge on any atom is 0.332 e. The molecule has 25 heavy (non-hydrogen) atoms. The third-order valence-electron chi connectivity index (χ3n) is 4.46. The number of pyridine rings is 1. The van der Waals surface area contributed by atoms with Crippen LogP contribution < -0.4 is 16.8 Å². The van der Waals surface area contributed by atoms with Crippen molar-refractivity contribution >= 4 is 11.0 Å². The Balaban J connectivity index is 2.46. The Morgan fingerprint density at radius 3 is 2.20 bits per heavy atom. The predicted molar refractivity (Wildman–Crippen MR) is 95.3 cm³/mol. The first-order valence-electron chi connectivity index (χ1n) is 7.96. The van der Waals surface area contributed by atoms with Gasteiger partial charge in [-0.1, -0.05) is 30.3 Å². The largest absolute Gasteiger partial charge is 0.506 e. The van der Waals surface area contributed by atoms with Gasteiger partial charge >= 0.3 is 5.69 Å². The highest BCUT2D eigenvalue weighted by atomic mass is 16.3. The second-order valence-electron chi connectivity index (χ2n) is 5.94. The van der Waals surface area contributed by atoms with E-state index in [1.54, 1.807) is 6.92 Å². The minimum atomic E-state index is -0.618. The van der Waals surface area contributed by atoms with Gasteiger partial charge in [0.15, 0.2) is 0 Å². The Hall–Kier alpha value is -3.09. The molecule has 1 aromatic carbocycles. The van der Waals surface area contributed by atoms with E-state index >= 15 is 0 Å². The van der Waals surface area contributed by atoms with Crippen molar-refractivity contribution < 1.29 is 5.11 Å². The first-order chi connectivity index (χ1) is 11.9. The van der Waals surface area contributed by atoms with Crippen molar-refractivity contribution in [2.45, 2.75) is 19.9 Å². The van der Waals surface area contributed by atoms with Crippen LogP contribution in [0.15, 0.2) is 44.7 Å². The minimum Gasteiger partial charge on any atom is -0.506 e. The molecule has 2 aromatic heterocycles. The molecule has 130 valence electrons. The van der Waals surface area contributed by atoms with Crippen molar-refractivity contribution in [3.8, 4) is 5.75 Å². The third-order valence-corrected chi connectivity index (χ3v) is 4.46. The molecule has 2 heterocycles. The Morgan fingerprint density at radius 1 is 0.960 bits per heavy atom. The maximum atomic E-state index is 12.8. The second-order valence-corrected chi connectivity index (χ2v) is 5.94. The van der Waals surface area contributed by atoms with Crippen LogP contribution in [-0.2, 0) is 27.1 Å². The summed E-state index contributed by atoms with van der Waals surface area (Å²) in [5.41, 5.74) is -0.453. The van der Waals surface area contributed by atoms with Crippen LogP contribution in [0.25, 0.3) is 11.0 Å². The van der Waals surface area contributed by atoms with Crippen molar-refractivity contribution in [2.75, 3.05) is 0 Å². The molecule has 0 fully saturated rings. The smallest absolute Gasteiger partial charge is 0.332 e. The lowest BCUT2D eigenvalue weighted by Gasteiger charge is -2.16. The molecule has 0 saturated carbocycles.